The average Bonchev–Trinajstić information content (AvgIpc) is 3.40. The number of nitrogens with zero attached hydrogens (tertiary/aromatic N) is 1. The van der Waals surface area contributed by atoms with Crippen LogP contribution in [0.25, 0.3) is 0 Å². The number of likely N-dealkylation sites (tertiary alicyclic amines) is 1. The molecule has 0 radical (unpaired) electrons. The van der Waals surface area contributed by atoms with Crippen molar-refractivity contribution in [2.45, 2.75) is 68.6 Å². The number of hydrogen-bond donors (Lipinski definition) is 3. The lowest BCUT2D eigenvalue weighted by Crippen LogP contribution is -2.57. The summed E-state index contributed by atoms with van der Waals surface area (Å²) in [6.45, 7) is 6.16. The molecular formula is C25H33BrClN3O5. The van der Waals surface area contributed by atoms with Crippen molar-refractivity contribution in [2.75, 3.05) is 18.5 Å². The molecule has 1 aromatic rings. The molecule has 0 saturated carbocycles. The summed E-state index contributed by atoms with van der Waals surface area (Å²) in [5.74, 6) is -2.34. The Morgan fingerprint density at radius 2 is 2.03 bits per heavy atom. The fourth-order valence-corrected chi connectivity index (χ4v) is 7.14. The highest BCUT2D eigenvalue weighted by atomic mass is 79.9. The largest absolute Gasteiger partial charge is 0.394 e. The van der Waals surface area contributed by atoms with Crippen LogP contribution in [-0.2, 0) is 19.1 Å². The second kappa shape index (κ2) is 10.4. The number of para-hydroxylation sites is 1. The molecule has 3 aliphatic rings. The van der Waals surface area contributed by atoms with E-state index in [1.165, 1.54) is 4.90 Å². The zero-order chi connectivity index (χ0) is 25.5. The zero-order valence-corrected chi connectivity index (χ0v) is 22.5. The number of carbonyl (C=O) groups is 3. The minimum Gasteiger partial charge on any atom is -0.394 e. The highest BCUT2D eigenvalue weighted by Gasteiger charge is 2.77. The monoisotopic (exact) mass is 569 g/mol. The van der Waals surface area contributed by atoms with Crippen LogP contribution in [-0.4, -0.2) is 69.5 Å². The van der Waals surface area contributed by atoms with E-state index in [-0.39, 0.29) is 29.2 Å². The molecule has 3 fully saturated rings. The molecule has 0 aliphatic carbocycles. The first-order valence-electron chi connectivity index (χ1n) is 12.2. The summed E-state index contributed by atoms with van der Waals surface area (Å²) in [6, 6.07) is 5.29. The maximum Gasteiger partial charge on any atom is 0.250 e. The zero-order valence-electron chi connectivity index (χ0n) is 20.2. The molecular weight excluding hydrogens is 538 g/mol. The van der Waals surface area contributed by atoms with E-state index in [1.807, 2.05) is 20.8 Å². The molecule has 1 spiro atoms. The molecule has 35 heavy (non-hydrogen) atoms. The number of hydrogen-bond acceptors (Lipinski definition) is 5. The Hall–Kier alpha value is -1.68. The van der Waals surface area contributed by atoms with Crippen molar-refractivity contribution in [3.8, 4) is 0 Å². The molecule has 0 aromatic heterocycles. The van der Waals surface area contributed by atoms with Crippen molar-refractivity contribution in [1.82, 2.24) is 10.2 Å². The SMILES string of the molecule is CCCNC(=O)[C@H]1[C@H]2C(=O)N([C@@H](CO)CC(C)C)C(C(=O)Nc3ccccc3Cl)C23CC(Br)[C@@H]1O3. The lowest BCUT2D eigenvalue weighted by Gasteiger charge is -2.37. The molecule has 192 valence electrons. The fraction of sp³-hybridized carbons (Fsp3) is 0.640. The van der Waals surface area contributed by atoms with Crippen LogP contribution in [0.4, 0.5) is 5.69 Å². The topological polar surface area (TPSA) is 108 Å². The van der Waals surface area contributed by atoms with Crippen LogP contribution in [0, 0.1) is 17.8 Å². The third-order valence-electron chi connectivity index (χ3n) is 7.31. The Morgan fingerprint density at radius 3 is 2.66 bits per heavy atom. The number of aliphatic hydroxyl groups excluding tert-OH is 1. The highest BCUT2D eigenvalue weighted by molar-refractivity contribution is 9.09. The predicted octanol–water partition coefficient (Wildman–Crippen LogP) is 2.96. The Kier molecular flexibility index (Phi) is 7.81. The Labute approximate surface area is 219 Å². The number of nitrogens with one attached hydrogen (secondary N) is 2. The first-order chi connectivity index (χ1) is 16.7. The maximum atomic E-state index is 14.0. The molecule has 2 bridgehead atoms. The first-order valence-corrected chi connectivity index (χ1v) is 13.5. The molecule has 3 saturated heterocycles. The van der Waals surface area contributed by atoms with Crippen LogP contribution in [0.3, 0.4) is 0 Å². The minimum atomic E-state index is -1.18. The van der Waals surface area contributed by atoms with E-state index < -0.39 is 41.5 Å². The average molecular weight is 571 g/mol. The maximum absolute atomic E-state index is 14.0. The van der Waals surface area contributed by atoms with Gasteiger partial charge >= 0.3 is 0 Å². The van der Waals surface area contributed by atoms with Gasteiger partial charge in [-0.25, -0.2) is 0 Å². The van der Waals surface area contributed by atoms with Crippen LogP contribution < -0.4 is 10.6 Å². The summed E-state index contributed by atoms with van der Waals surface area (Å²) >= 11 is 9.95. The van der Waals surface area contributed by atoms with Crippen molar-refractivity contribution in [3.63, 3.8) is 0 Å². The van der Waals surface area contributed by atoms with Gasteiger partial charge in [0.25, 0.3) is 0 Å². The van der Waals surface area contributed by atoms with Crippen LogP contribution in [0.5, 0.6) is 0 Å². The van der Waals surface area contributed by atoms with Crippen molar-refractivity contribution >= 4 is 50.9 Å². The van der Waals surface area contributed by atoms with Gasteiger partial charge in [0, 0.05) is 11.4 Å². The second-order valence-corrected chi connectivity index (χ2v) is 11.7. The molecule has 3 aliphatic heterocycles. The predicted molar refractivity (Wildman–Crippen MR) is 136 cm³/mol. The number of amides is 3. The van der Waals surface area contributed by atoms with Gasteiger partial charge in [0.1, 0.15) is 11.6 Å². The fourth-order valence-electron chi connectivity index (χ4n) is 6.01. The van der Waals surface area contributed by atoms with E-state index in [4.69, 9.17) is 16.3 Å². The van der Waals surface area contributed by atoms with Crippen LogP contribution >= 0.6 is 27.5 Å². The van der Waals surface area contributed by atoms with Gasteiger partial charge in [0.05, 0.1) is 41.3 Å². The van der Waals surface area contributed by atoms with Gasteiger partial charge in [-0.2, -0.15) is 0 Å². The molecule has 4 rings (SSSR count). The van der Waals surface area contributed by atoms with Crippen molar-refractivity contribution in [1.29, 1.82) is 0 Å². The Balaban J connectivity index is 1.76. The molecule has 3 heterocycles. The lowest BCUT2D eigenvalue weighted by atomic mass is 9.70. The number of alkyl halides is 1. The number of ether oxygens (including phenoxy) is 1. The normalized spacial score (nSPS) is 32.1. The van der Waals surface area contributed by atoms with Gasteiger partial charge < -0.3 is 25.4 Å². The van der Waals surface area contributed by atoms with Crippen molar-refractivity contribution in [2.24, 2.45) is 17.8 Å². The highest BCUT2D eigenvalue weighted by Crippen LogP contribution is 2.60. The third kappa shape index (κ3) is 4.49. The molecule has 7 atom stereocenters. The summed E-state index contributed by atoms with van der Waals surface area (Å²) in [7, 11) is 0. The Morgan fingerprint density at radius 1 is 1.31 bits per heavy atom. The summed E-state index contributed by atoms with van der Waals surface area (Å²) < 4.78 is 6.47. The number of anilines is 1. The van der Waals surface area contributed by atoms with Gasteiger partial charge in [-0.3, -0.25) is 14.4 Å². The first kappa shape index (κ1) is 26.4. The van der Waals surface area contributed by atoms with Gasteiger partial charge in [0.2, 0.25) is 17.7 Å². The number of benzene rings is 1. The molecule has 3 amide bonds. The molecule has 1 aromatic carbocycles. The van der Waals surface area contributed by atoms with E-state index in [0.717, 1.165) is 6.42 Å². The summed E-state index contributed by atoms with van der Waals surface area (Å²) in [4.78, 5) is 42.4. The molecule has 10 heteroatoms. The Bertz CT molecular complexity index is 994. The van der Waals surface area contributed by atoms with Crippen molar-refractivity contribution in [3.05, 3.63) is 29.3 Å². The number of carbonyl (C=O) groups excluding carboxylic acids is 3. The van der Waals surface area contributed by atoms with Gasteiger partial charge in [-0.05, 0) is 37.3 Å². The van der Waals surface area contributed by atoms with Gasteiger partial charge in [0.15, 0.2) is 0 Å². The van der Waals surface area contributed by atoms with E-state index in [1.54, 1.807) is 24.3 Å². The summed E-state index contributed by atoms with van der Waals surface area (Å²) in [5.41, 5.74) is -0.754. The van der Waals surface area contributed by atoms with Crippen LogP contribution in [0.1, 0.15) is 40.0 Å². The number of aliphatic hydroxyl groups is 1. The van der Waals surface area contributed by atoms with E-state index in [0.29, 0.717) is 30.1 Å². The van der Waals surface area contributed by atoms with Crippen LogP contribution in [0.2, 0.25) is 5.02 Å². The number of fused-ring (bicyclic) bond motifs is 1. The summed E-state index contributed by atoms with van der Waals surface area (Å²) in [5, 5.41) is 16.4. The van der Waals surface area contributed by atoms with Gasteiger partial charge in [-0.1, -0.05) is 60.4 Å². The van der Waals surface area contributed by atoms with Crippen molar-refractivity contribution < 1.29 is 24.2 Å². The van der Waals surface area contributed by atoms with Crippen LogP contribution in [0.15, 0.2) is 24.3 Å². The number of rotatable bonds is 9. The molecule has 3 N–H and O–H groups in total. The molecule has 8 nitrogen and oxygen atoms in total. The molecule has 3 unspecified atom stereocenters. The number of halogens is 2. The lowest BCUT2D eigenvalue weighted by molar-refractivity contribution is -0.144. The van der Waals surface area contributed by atoms with Gasteiger partial charge in [-0.15, -0.1) is 0 Å². The standard InChI is InChI=1S/C25H33BrClN3O5/c1-4-9-28-22(32)18-19-24(34)30(14(12-31)10-13(2)3)21(25(19)11-15(26)20(18)35-25)23(33)29-17-8-6-5-7-16(17)27/h5-8,13-15,18-21,31H,4,9-12H2,1-3H3,(H,28,32)(H,29,33)/t14-,15?,18+,19+,20+,21?,25?/m1/s1. The third-order valence-corrected chi connectivity index (χ3v) is 8.48. The van der Waals surface area contributed by atoms with E-state index in [2.05, 4.69) is 26.6 Å². The second-order valence-electron chi connectivity index (χ2n) is 10.1. The summed E-state index contributed by atoms with van der Waals surface area (Å²) in [6.07, 6.45) is 1.16. The quantitative estimate of drug-likeness (QED) is 0.396. The van der Waals surface area contributed by atoms with E-state index >= 15 is 0 Å². The smallest absolute Gasteiger partial charge is 0.250 e. The van der Waals surface area contributed by atoms with E-state index in [9.17, 15) is 19.5 Å². The minimum absolute atomic E-state index is 0.176.